The molecule has 5 heteroatoms. The summed E-state index contributed by atoms with van der Waals surface area (Å²) in [5.41, 5.74) is 5.81. The van der Waals surface area contributed by atoms with Crippen LogP contribution in [0.2, 0.25) is 0 Å². The maximum atomic E-state index is 6.03. The third-order valence-corrected chi connectivity index (χ3v) is 5.11. The minimum absolute atomic E-state index is 0.553. The second kappa shape index (κ2) is 5.73. The lowest BCUT2D eigenvalue weighted by molar-refractivity contribution is 0.584. The highest BCUT2D eigenvalue weighted by molar-refractivity contribution is 5.96. The van der Waals surface area contributed by atoms with Crippen LogP contribution < -0.4 is 4.90 Å². The van der Waals surface area contributed by atoms with E-state index in [1.807, 2.05) is 26.2 Å². The van der Waals surface area contributed by atoms with Gasteiger partial charge in [-0.25, -0.2) is 0 Å². The normalized spacial score (nSPS) is 13.3. The second-order valence-electron chi connectivity index (χ2n) is 7.01. The Labute approximate surface area is 151 Å². The largest absolute Gasteiger partial charge is 0.416 e. The predicted octanol–water partition coefficient (Wildman–Crippen LogP) is 4.37. The van der Waals surface area contributed by atoms with Crippen molar-refractivity contribution in [3.05, 3.63) is 54.2 Å². The van der Waals surface area contributed by atoms with Crippen LogP contribution in [-0.4, -0.2) is 28.9 Å². The van der Waals surface area contributed by atoms with Crippen molar-refractivity contribution < 1.29 is 4.42 Å². The zero-order chi connectivity index (χ0) is 17.7. The molecule has 0 fully saturated rings. The van der Waals surface area contributed by atoms with E-state index in [0.717, 1.165) is 29.8 Å². The number of nitrogens with zero attached hydrogens (tertiary/aromatic N) is 4. The summed E-state index contributed by atoms with van der Waals surface area (Å²) in [6.45, 7) is 1.04. The van der Waals surface area contributed by atoms with Crippen molar-refractivity contribution in [1.82, 2.24) is 14.8 Å². The SMILES string of the molecule is CN(C)c1ccc(-c2nnc(-c3cn4c5c(cccc35)CCC4)o2)cc1. The highest BCUT2D eigenvalue weighted by Crippen LogP contribution is 2.35. The van der Waals surface area contributed by atoms with Crippen molar-refractivity contribution >= 4 is 16.6 Å². The molecule has 0 radical (unpaired) electrons. The van der Waals surface area contributed by atoms with Crippen LogP contribution in [0.25, 0.3) is 33.8 Å². The van der Waals surface area contributed by atoms with Crippen molar-refractivity contribution in [2.45, 2.75) is 19.4 Å². The van der Waals surface area contributed by atoms with Crippen LogP contribution >= 0.6 is 0 Å². The highest BCUT2D eigenvalue weighted by atomic mass is 16.4. The van der Waals surface area contributed by atoms with Crippen LogP contribution in [0.15, 0.2) is 53.1 Å². The summed E-state index contributed by atoms with van der Waals surface area (Å²) in [5, 5.41) is 9.80. The smallest absolute Gasteiger partial charge is 0.250 e. The number of anilines is 1. The molecule has 1 aliphatic heterocycles. The molecule has 0 aliphatic carbocycles. The molecule has 0 saturated heterocycles. The van der Waals surface area contributed by atoms with Gasteiger partial charge in [0.05, 0.1) is 11.1 Å². The number of benzene rings is 2. The van der Waals surface area contributed by atoms with Gasteiger partial charge in [0.25, 0.3) is 0 Å². The third-order valence-electron chi connectivity index (χ3n) is 5.11. The fourth-order valence-electron chi connectivity index (χ4n) is 3.78. The van der Waals surface area contributed by atoms with E-state index >= 15 is 0 Å². The fraction of sp³-hybridized carbons (Fsp3) is 0.238. The summed E-state index contributed by atoms with van der Waals surface area (Å²) < 4.78 is 8.35. The van der Waals surface area contributed by atoms with E-state index in [0.29, 0.717) is 11.8 Å². The van der Waals surface area contributed by atoms with Gasteiger partial charge < -0.3 is 13.9 Å². The molecule has 5 rings (SSSR count). The Morgan fingerprint density at radius 1 is 1.00 bits per heavy atom. The maximum absolute atomic E-state index is 6.03. The molecule has 2 aromatic carbocycles. The lowest BCUT2D eigenvalue weighted by Gasteiger charge is -2.14. The average Bonchev–Trinajstić information content (AvgIpc) is 3.29. The van der Waals surface area contributed by atoms with Gasteiger partial charge in [0.2, 0.25) is 11.8 Å². The number of rotatable bonds is 3. The minimum atomic E-state index is 0.553. The summed E-state index contributed by atoms with van der Waals surface area (Å²) >= 11 is 0. The van der Waals surface area contributed by atoms with Crippen molar-refractivity contribution in [3.63, 3.8) is 0 Å². The van der Waals surface area contributed by atoms with E-state index in [9.17, 15) is 0 Å². The first-order valence-electron chi connectivity index (χ1n) is 8.93. The van der Waals surface area contributed by atoms with Gasteiger partial charge in [0, 0.05) is 43.5 Å². The van der Waals surface area contributed by atoms with Crippen molar-refractivity contribution in [2.75, 3.05) is 19.0 Å². The van der Waals surface area contributed by atoms with Gasteiger partial charge in [0.15, 0.2) is 0 Å². The molecule has 26 heavy (non-hydrogen) atoms. The molecule has 3 heterocycles. The maximum Gasteiger partial charge on any atom is 0.250 e. The Hall–Kier alpha value is -3.08. The van der Waals surface area contributed by atoms with Crippen LogP contribution in [-0.2, 0) is 13.0 Å². The number of para-hydroxylation sites is 1. The van der Waals surface area contributed by atoms with Crippen LogP contribution in [0.3, 0.4) is 0 Å². The standard InChI is InChI=1S/C21H20N4O/c1-24(2)16-10-8-15(9-11-16)20-22-23-21(26-20)18-13-25-12-4-6-14-5-3-7-17(18)19(14)25/h3,5,7-11,13H,4,6,12H2,1-2H3. The lowest BCUT2D eigenvalue weighted by atomic mass is 10.0. The van der Waals surface area contributed by atoms with Gasteiger partial charge >= 0.3 is 0 Å². The zero-order valence-corrected chi connectivity index (χ0v) is 14.9. The summed E-state index contributed by atoms with van der Waals surface area (Å²) in [5.74, 6) is 1.14. The number of aryl methyl sites for hydroxylation is 2. The van der Waals surface area contributed by atoms with Crippen LogP contribution in [0, 0.1) is 0 Å². The van der Waals surface area contributed by atoms with Crippen molar-refractivity contribution in [1.29, 1.82) is 0 Å². The summed E-state index contributed by atoms with van der Waals surface area (Å²) in [6.07, 6.45) is 4.46. The molecule has 0 saturated carbocycles. The van der Waals surface area contributed by atoms with Gasteiger partial charge in [-0.15, -0.1) is 10.2 Å². The highest BCUT2D eigenvalue weighted by Gasteiger charge is 2.20. The molecule has 0 unspecified atom stereocenters. The van der Waals surface area contributed by atoms with E-state index < -0.39 is 0 Å². The molecule has 2 aromatic heterocycles. The first-order chi connectivity index (χ1) is 12.7. The van der Waals surface area contributed by atoms with Crippen LogP contribution in [0.1, 0.15) is 12.0 Å². The number of aromatic nitrogens is 3. The molecule has 0 amide bonds. The summed E-state index contributed by atoms with van der Waals surface area (Å²) in [7, 11) is 4.05. The Kier molecular flexibility index (Phi) is 3.35. The molecule has 130 valence electrons. The molecule has 1 aliphatic rings. The minimum Gasteiger partial charge on any atom is -0.416 e. The quantitative estimate of drug-likeness (QED) is 0.554. The van der Waals surface area contributed by atoms with Crippen LogP contribution in [0.5, 0.6) is 0 Å². The van der Waals surface area contributed by atoms with E-state index in [1.54, 1.807) is 0 Å². The lowest BCUT2D eigenvalue weighted by Crippen LogP contribution is -2.07. The molecular weight excluding hydrogens is 324 g/mol. The average molecular weight is 344 g/mol. The zero-order valence-electron chi connectivity index (χ0n) is 14.9. The Morgan fingerprint density at radius 3 is 2.62 bits per heavy atom. The van der Waals surface area contributed by atoms with E-state index in [4.69, 9.17) is 4.42 Å². The van der Waals surface area contributed by atoms with Gasteiger partial charge in [-0.1, -0.05) is 18.2 Å². The summed E-state index contributed by atoms with van der Waals surface area (Å²) in [6, 6.07) is 14.6. The van der Waals surface area contributed by atoms with E-state index in [1.165, 1.54) is 22.9 Å². The first-order valence-corrected chi connectivity index (χ1v) is 8.93. The molecule has 0 spiro atoms. The van der Waals surface area contributed by atoms with E-state index in [2.05, 4.69) is 56.2 Å². The first kappa shape index (κ1) is 15.2. The molecule has 0 atom stereocenters. The van der Waals surface area contributed by atoms with Gasteiger partial charge in [-0.2, -0.15) is 0 Å². The molecule has 0 bridgehead atoms. The van der Waals surface area contributed by atoms with Crippen molar-refractivity contribution in [2.24, 2.45) is 0 Å². The summed E-state index contributed by atoms with van der Waals surface area (Å²) in [4.78, 5) is 2.07. The Bertz CT molecular complexity index is 1090. The Morgan fingerprint density at radius 2 is 1.81 bits per heavy atom. The van der Waals surface area contributed by atoms with Gasteiger partial charge in [0.1, 0.15) is 0 Å². The van der Waals surface area contributed by atoms with Gasteiger partial charge in [-0.3, -0.25) is 0 Å². The predicted molar refractivity (Wildman–Crippen MR) is 103 cm³/mol. The van der Waals surface area contributed by atoms with E-state index in [-0.39, 0.29) is 0 Å². The molecule has 4 aromatic rings. The fourth-order valence-corrected chi connectivity index (χ4v) is 3.78. The van der Waals surface area contributed by atoms with Crippen molar-refractivity contribution in [3.8, 4) is 22.9 Å². The number of hydrogen-bond donors (Lipinski definition) is 0. The second-order valence-corrected chi connectivity index (χ2v) is 7.01. The molecular formula is C21H20N4O. The monoisotopic (exact) mass is 344 g/mol. The number of hydrogen-bond acceptors (Lipinski definition) is 4. The molecule has 0 N–H and O–H groups in total. The topological polar surface area (TPSA) is 47.1 Å². The van der Waals surface area contributed by atoms with Crippen LogP contribution in [0.4, 0.5) is 5.69 Å². The molecule has 5 nitrogen and oxygen atoms in total. The third kappa shape index (κ3) is 2.31. The van der Waals surface area contributed by atoms with Gasteiger partial charge in [-0.05, 0) is 42.7 Å². The Balaban J connectivity index is 1.57.